The van der Waals surface area contributed by atoms with Crippen LogP contribution in [0.4, 0.5) is 15.6 Å². The molecule has 0 radical (unpaired) electrons. The predicted octanol–water partition coefficient (Wildman–Crippen LogP) is 2.48. The highest BCUT2D eigenvalue weighted by Crippen LogP contribution is 2.24. The van der Waals surface area contributed by atoms with E-state index in [9.17, 15) is 9.59 Å². The third-order valence-corrected chi connectivity index (χ3v) is 6.80. The van der Waals surface area contributed by atoms with Crippen LogP contribution in [0.25, 0.3) is 0 Å². The number of carbonyl (C=O) groups is 2. The first-order valence-corrected chi connectivity index (χ1v) is 12.0. The Bertz CT molecular complexity index is 837. The highest BCUT2D eigenvalue weighted by atomic mass is 32.2. The molecular formula is C19H26N5O2S2+. The summed E-state index contributed by atoms with van der Waals surface area (Å²) in [6, 6.07) is 7.99. The first-order chi connectivity index (χ1) is 13.4. The van der Waals surface area contributed by atoms with Gasteiger partial charge in [0, 0.05) is 54.7 Å². The van der Waals surface area contributed by atoms with Crippen molar-refractivity contribution in [2.45, 2.75) is 17.9 Å². The van der Waals surface area contributed by atoms with Crippen LogP contribution in [0.2, 0.25) is 0 Å². The van der Waals surface area contributed by atoms with E-state index in [1.165, 1.54) is 16.2 Å². The number of aromatic nitrogens is 1. The number of urea groups is 1. The molecule has 7 nitrogen and oxygen atoms in total. The second kappa shape index (κ2) is 8.83. The number of thiazole rings is 1. The second-order valence-electron chi connectivity index (χ2n) is 6.85. The SMILES string of the molecule is CNC(=O)c1csc(N2CCN(C(=O)Nc3ccc([S+](C)C)cc3)[C@H](C)C2)n1. The van der Waals surface area contributed by atoms with Crippen molar-refractivity contribution in [2.75, 3.05) is 49.4 Å². The maximum atomic E-state index is 12.7. The molecule has 1 aromatic heterocycles. The molecule has 0 aliphatic carbocycles. The molecule has 1 aliphatic rings. The minimum absolute atomic E-state index is 0.0394. The summed E-state index contributed by atoms with van der Waals surface area (Å²) in [7, 11) is 1.80. The summed E-state index contributed by atoms with van der Waals surface area (Å²) in [6.07, 6.45) is 4.35. The smallest absolute Gasteiger partial charge is 0.322 e. The molecule has 3 amide bonds. The Morgan fingerprint density at radius 1 is 1.21 bits per heavy atom. The fourth-order valence-electron chi connectivity index (χ4n) is 3.08. The van der Waals surface area contributed by atoms with Gasteiger partial charge in [-0.2, -0.15) is 0 Å². The second-order valence-corrected chi connectivity index (χ2v) is 9.79. The summed E-state index contributed by atoms with van der Waals surface area (Å²) in [5.41, 5.74) is 1.24. The molecule has 9 heteroatoms. The van der Waals surface area contributed by atoms with Crippen LogP contribution in [0.15, 0.2) is 34.5 Å². The zero-order chi connectivity index (χ0) is 20.3. The number of nitrogens with one attached hydrogen (secondary N) is 2. The Kier molecular flexibility index (Phi) is 6.46. The van der Waals surface area contributed by atoms with Gasteiger partial charge in [0.1, 0.15) is 18.2 Å². The lowest BCUT2D eigenvalue weighted by Crippen LogP contribution is -2.55. The number of benzene rings is 1. The maximum absolute atomic E-state index is 12.7. The summed E-state index contributed by atoms with van der Waals surface area (Å²) >= 11 is 1.45. The maximum Gasteiger partial charge on any atom is 0.322 e. The van der Waals surface area contributed by atoms with Gasteiger partial charge in [0.15, 0.2) is 10.0 Å². The molecule has 1 aromatic carbocycles. The molecular weight excluding hydrogens is 394 g/mol. The van der Waals surface area contributed by atoms with Gasteiger partial charge in [-0.1, -0.05) is 0 Å². The van der Waals surface area contributed by atoms with Crippen LogP contribution in [0.1, 0.15) is 17.4 Å². The molecule has 2 N–H and O–H groups in total. The Labute approximate surface area is 172 Å². The van der Waals surface area contributed by atoms with E-state index >= 15 is 0 Å². The molecule has 2 aromatic rings. The quantitative estimate of drug-likeness (QED) is 0.745. The van der Waals surface area contributed by atoms with Crippen LogP contribution >= 0.6 is 11.3 Å². The standard InChI is InChI=1S/C19H25N5O2S2/c1-13-11-23(19-22-16(12-27-19)17(25)20-2)9-10-24(13)18(26)21-14-5-7-15(8-6-14)28(3)4/h5-8,12-13H,9-11H2,1-4H3,(H-,20,21,25,26)/p+1/t13-/m1/s1. The van der Waals surface area contributed by atoms with Crippen molar-refractivity contribution in [1.29, 1.82) is 0 Å². The minimum Gasteiger partial charge on any atom is -0.354 e. The number of rotatable bonds is 4. The molecule has 1 atom stereocenters. The van der Waals surface area contributed by atoms with Crippen LogP contribution in [0.5, 0.6) is 0 Å². The van der Waals surface area contributed by atoms with Gasteiger partial charge in [0.05, 0.1) is 0 Å². The first kappa shape index (κ1) is 20.5. The van der Waals surface area contributed by atoms with Gasteiger partial charge in [-0.3, -0.25) is 4.79 Å². The van der Waals surface area contributed by atoms with E-state index in [1.807, 2.05) is 24.0 Å². The van der Waals surface area contributed by atoms with E-state index < -0.39 is 0 Å². The topological polar surface area (TPSA) is 77.6 Å². The van der Waals surface area contributed by atoms with Crippen LogP contribution in [0.3, 0.4) is 0 Å². The average Bonchev–Trinajstić information content (AvgIpc) is 3.17. The number of anilines is 2. The van der Waals surface area contributed by atoms with Gasteiger partial charge < -0.3 is 20.4 Å². The zero-order valence-electron chi connectivity index (χ0n) is 16.6. The highest BCUT2D eigenvalue weighted by molar-refractivity contribution is 7.95. The Hall–Kier alpha value is -2.26. The van der Waals surface area contributed by atoms with Crippen molar-refractivity contribution in [3.05, 3.63) is 35.3 Å². The normalized spacial score (nSPS) is 17.0. The van der Waals surface area contributed by atoms with E-state index in [0.717, 1.165) is 10.8 Å². The van der Waals surface area contributed by atoms with Crippen molar-refractivity contribution in [1.82, 2.24) is 15.2 Å². The third-order valence-electron chi connectivity index (χ3n) is 4.69. The fraction of sp³-hybridized carbons (Fsp3) is 0.421. The van der Waals surface area contributed by atoms with E-state index in [0.29, 0.717) is 25.3 Å². The Morgan fingerprint density at radius 2 is 1.93 bits per heavy atom. The van der Waals surface area contributed by atoms with E-state index in [2.05, 4.69) is 45.2 Å². The summed E-state index contributed by atoms with van der Waals surface area (Å²) in [6.45, 7) is 4.00. The molecule has 1 saturated heterocycles. The van der Waals surface area contributed by atoms with E-state index in [1.54, 1.807) is 12.4 Å². The first-order valence-electron chi connectivity index (χ1n) is 9.07. The number of hydrogen-bond acceptors (Lipinski definition) is 5. The molecule has 0 bridgehead atoms. The van der Waals surface area contributed by atoms with Gasteiger partial charge in [-0.25, -0.2) is 9.78 Å². The Morgan fingerprint density at radius 3 is 2.54 bits per heavy atom. The zero-order valence-corrected chi connectivity index (χ0v) is 18.2. The van der Waals surface area contributed by atoms with Gasteiger partial charge in [0.2, 0.25) is 0 Å². The molecule has 150 valence electrons. The number of nitrogens with zero attached hydrogens (tertiary/aromatic N) is 3. The number of amides is 3. The molecule has 0 unspecified atom stereocenters. The van der Waals surface area contributed by atoms with Crippen LogP contribution in [-0.4, -0.2) is 67.1 Å². The summed E-state index contributed by atoms with van der Waals surface area (Å²) in [5.74, 6) is -0.183. The van der Waals surface area contributed by atoms with Crippen molar-refractivity contribution in [3.63, 3.8) is 0 Å². The molecule has 28 heavy (non-hydrogen) atoms. The van der Waals surface area contributed by atoms with Crippen LogP contribution in [0, 0.1) is 0 Å². The van der Waals surface area contributed by atoms with Crippen molar-refractivity contribution in [3.8, 4) is 0 Å². The fourth-order valence-corrected chi connectivity index (χ4v) is 4.60. The molecule has 3 rings (SSSR count). The average molecular weight is 421 g/mol. The van der Waals surface area contributed by atoms with E-state index in [-0.39, 0.29) is 28.9 Å². The van der Waals surface area contributed by atoms with Crippen LogP contribution < -0.4 is 15.5 Å². The summed E-state index contributed by atoms with van der Waals surface area (Å²) in [4.78, 5) is 34.1. The monoisotopic (exact) mass is 420 g/mol. The van der Waals surface area contributed by atoms with Crippen molar-refractivity contribution >= 4 is 45.0 Å². The molecule has 0 saturated carbocycles. The summed E-state index contributed by atoms with van der Waals surface area (Å²) in [5, 5.41) is 8.16. The van der Waals surface area contributed by atoms with Crippen molar-refractivity contribution < 1.29 is 9.59 Å². The third kappa shape index (κ3) is 4.59. The number of hydrogen-bond donors (Lipinski definition) is 2. The lowest BCUT2D eigenvalue weighted by molar-refractivity contribution is 0.0959. The molecule has 1 aliphatic heterocycles. The molecule has 2 heterocycles. The molecule has 0 spiro atoms. The summed E-state index contributed by atoms with van der Waals surface area (Å²) < 4.78 is 0. The van der Waals surface area contributed by atoms with Gasteiger partial charge >= 0.3 is 6.03 Å². The van der Waals surface area contributed by atoms with Crippen molar-refractivity contribution in [2.24, 2.45) is 0 Å². The number of piperazine rings is 1. The highest BCUT2D eigenvalue weighted by Gasteiger charge is 2.29. The lowest BCUT2D eigenvalue weighted by Gasteiger charge is -2.39. The predicted molar refractivity (Wildman–Crippen MR) is 117 cm³/mol. The lowest BCUT2D eigenvalue weighted by atomic mass is 10.2. The van der Waals surface area contributed by atoms with Crippen LogP contribution in [-0.2, 0) is 10.9 Å². The van der Waals surface area contributed by atoms with Gasteiger partial charge in [-0.05, 0) is 31.2 Å². The number of carbonyl (C=O) groups excluding carboxylic acids is 2. The largest absolute Gasteiger partial charge is 0.354 e. The Balaban J connectivity index is 1.59. The minimum atomic E-state index is -0.183. The van der Waals surface area contributed by atoms with E-state index in [4.69, 9.17) is 0 Å². The molecule has 1 fully saturated rings. The van der Waals surface area contributed by atoms with Gasteiger partial charge in [0.25, 0.3) is 5.91 Å². The van der Waals surface area contributed by atoms with Gasteiger partial charge in [-0.15, -0.1) is 11.3 Å².